The highest BCUT2D eigenvalue weighted by Gasteiger charge is 2.20. The van der Waals surface area contributed by atoms with Crippen molar-refractivity contribution in [3.8, 4) is 5.75 Å². The highest BCUT2D eigenvalue weighted by Crippen LogP contribution is 2.27. The number of hydrogen-bond acceptors (Lipinski definition) is 5. The van der Waals surface area contributed by atoms with E-state index >= 15 is 0 Å². The Bertz CT molecular complexity index is 871. The molecule has 0 bridgehead atoms. The summed E-state index contributed by atoms with van der Waals surface area (Å²) in [6, 6.07) is 11.4. The molecule has 0 aliphatic heterocycles. The predicted octanol–water partition coefficient (Wildman–Crippen LogP) is 4.25. The monoisotopic (exact) mass is 453 g/mol. The van der Waals surface area contributed by atoms with E-state index < -0.39 is 18.0 Å². The topological polar surface area (TPSA) is 81.7 Å². The lowest BCUT2D eigenvalue weighted by Crippen LogP contribution is -2.32. The third-order valence-electron chi connectivity index (χ3n) is 3.48. The second-order valence-corrected chi connectivity index (χ2v) is 6.88. The van der Waals surface area contributed by atoms with Crippen molar-refractivity contribution in [1.82, 2.24) is 0 Å². The van der Waals surface area contributed by atoms with Crippen LogP contribution in [-0.2, 0) is 14.3 Å². The first-order valence-corrected chi connectivity index (χ1v) is 9.13. The van der Waals surface area contributed by atoms with Gasteiger partial charge in [0.05, 0.1) is 10.2 Å². The van der Waals surface area contributed by atoms with E-state index in [4.69, 9.17) is 21.1 Å². The fraction of sp³-hybridized carbons (Fsp3) is 0.211. The lowest BCUT2D eigenvalue weighted by molar-refractivity contribution is -0.155. The average Bonchev–Trinajstić information content (AvgIpc) is 2.61. The number of carbonyl (C=O) groups is 3. The number of para-hydroxylation sites is 1. The Morgan fingerprint density at radius 1 is 1.19 bits per heavy atom. The number of carbonyl (C=O) groups excluding carboxylic acids is 3. The van der Waals surface area contributed by atoms with Crippen molar-refractivity contribution in [2.24, 2.45) is 0 Å². The molecule has 0 saturated heterocycles. The molecule has 8 heteroatoms. The Labute approximate surface area is 169 Å². The zero-order chi connectivity index (χ0) is 20.0. The number of amides is 1. The van der Waals surface area contributed by atoms with E-state index in [0.717, 1.165) is 0 Å². The Morgan fingerprint density at radius 3 is 2.56 bits per heavy atom. The molecule has 0 aliphatic carbocycles. The first-order valence-electron chi connectivity index (χ1n) is 7.96. The summed E-state index contributed by atoms with van der Waals surface area (Å²) in [5.41, 5.74) is 0.736. The molecule has 142 valence electrons. The van der Waals surface area contributed by atoms with Crippen LogP contribution in [0.15, 0.2) is 46.9 Å². The molecule has 0 aliphatic rings. The van der Waals surface area contributed by atoms with Gasteiger partial charge in [0.25, 0.3) is 5.91 Å². The molecule has 6 nitrogen and oxygen atoms in total. The zero-order valence-electron chi connectivity index (χ0n) is 14.6. The fourth-order valence-corrected chi connectivity index (χ4v) is 2.94. The van der Waals surface area contributed by atoms with Crippen molar-refractivity contribution in [3.63, 3.8) is 0 Å². The Balaban J connectivity index is 1.90. The number of anilines is 1. The summed E-state index contributed by atoms with van der Waals surface area (Å²) >= 11 is 9.11. The minimum atomic E-state index is -1.06. The number of ketones is 1. The van der Waals surface area contributed by atoms with Crippen LogP contribution in [0.2, 0.25) is 5.02 Å². The third-order valence-corrected chi connectivity index (χ3v) is 4.34. The van der Waals surface area contributed by atoms with Crippen molar-refractivity contribution in [2.75, 3.05) is 11.9 Å². The summed E-state index contributed by atoms with van der Waals surface area (Å²) in [6.07, 6.45) is -1.06. The molecule has 1 N–H and O–H groups in total. The third kappa shape index (κ3) is 6.08. The fourth-order valence-electron chi connectivity index (χ4n) is 2.15. The number of rotatable bonds is 7. The molecule has 1 unspecified atom stereocenters. The molecule has 1 amide bonds. The molecule has 2 aromatic carbocycles. The molecule has 0 spiro atoms. The van der Waals surface area contributed by atoms with Crippen LogP contribution >= 0.6 is 27.5 Å². The van der Waals surface area contributed by atoms with Gasteiger partial charge in [-0.2, -0.15) is 0 Å². The van der Waals surface area contributed by atoms with E-state index in [0.29, 0.717) is 26.5 Å². The van der Waals surface area contributed by atoms with Crippen LogP contribution in [0.25, 0.3) is 0 Å². The maximum absolute atomic E-state index is 12.2. The van der Waals surface area contributed by atoms with E-state index in [2.05, 4.69) is 21.2 Å². The summed E-state index contributed by atoms with van der Waals surface area (Å²) in [6.45, 7) is 2.46. The number of hydrogen-bond donors (Lipinski definition) is 1. The zero-order valence-corrected chi connectivity index (χ0v) is 17.0. The van der Waals surface area contributed by atoms with Gasteiger partial charge in [-0.1, -0.05) is 23.7 Å². The average molecular weight is 455 g/mol. The van der Waals surface area contributed by atoms with Crippen LogP contribution in [0.4, 0.5) is 5.69 Å². The second kappa shape index (κ2) is 9.53. The van der Waals surface area contributed by atoms with Gasteiger partial charge >= 0.3 is 5.97 Å². The highest BCUT2D eigenvalue weighted by atomic mass is 79.9. The Hall–Kier alpha value is -2.38. The van der Waals surface area contributed by atoms with Gasteiger partial charge in [-0.25, -0.2) is 4.79 Å². The summed E-state index contributed by atoms with van der Waals surface area (Å²) in [5.74, 6) is -1.02. The van der Waals surface area contributed by atoms with Gasteiger partial charge in [-0.15, -0.1) is 0 Å². The van der Waals surface area contributed by atoms with Gasteiger partial charge in [-0.3, -0.25) is 9.59 Å². The molecule has 2 rings (SSSR count). The number of nitrogens with one attached hydrogen (secondary N) is 1. The number of halogens is 2. The van der Waals surface area contributed by atoms with Crippen LogP contribution in [-0.4, -0.2) is 30.4 Å². The Morgan fingerprint density at radius 2 is 1.89 bits per heavy atom. The lowest BCUT2D eigenvalue weighted by atomic mass is 10.1. The minimum absolute atomic E-state index is 0.183. The van der Waals surface area contributed by atoms with Crippen LogP contribution in [0.5, 0.6) is 5.75 Å². The molecular formula is C19H17BrClNO5. The summed E-state index contributed by atoms with van der Waals surface area (Å²) < 4.78 is 11.0. The van der Waals surface area contributed by atoms with E-state index in [9.17, 15) is 14.4 Å². The molecule has 0 saturated carbocycles. The van der Waals surface area contributed by atoms with E-state index in [1.165, 1.54) is 13.8 Å². The Kier molecular flexibility index (Phi) is 7.38. The minimum Gasteiger partial charge on any atom is -0.481 e. The van der Waals surface area contributed by atoms with Gasteiger partial charge in [0.1, 0.15) is 5.75 Å². The maximum Gasteiger partial charge on any atom is 0.344 e. The standard InChI is InChI=1S/C19H17BrClNO5/c1-11(23)14-5-3-4-6-16(14)22-19(25)12(2)27-18(24)10-26-17-8-7-13(21)9-15(17)20/h3-9,12H,10H2,1-2H3,(H,22,25). The van der Waals surface area contributed by atoms with Crippen LogP contribution in [0.3, 0.4) is 0 Å². The van der Waals surface area contributed by atoms with Crippen LogP contribution < -0.4 is 10.1 Å². The smallest absolute Gasteiger partial charge is 0.344 e. The van der Waals surface area contributed by atoms with Gasteiger partial charge in [-0.05, 0) is 60.1 Å². The molecule has 0 aromatic heterocycles. The first-order chi connectivity index (χ1) is 12.8. The SMILES string of the molecule is CC(=O)c1ccccc1NC(=O)C(C)OC(=O)COc1ccc(Cl)cc1Br. The normalized spacial score (nSPS) is 11.4. The van der Waals surface area contributed by atoms with Crippen molar-refractivity contribution in [1.29, 1.82) is 0 Å². The van der Waals surface area contributed by atoms with E-state index in [-0.39, 0.29) is 12.4 Å². The second-order valence-electron chi connectivity index (χ2n) is 5.59. The van der Waals surface area contributed by atoms with Gasteiger partial charge < -0.3 is 14.8 Å². The lowest BCUT2D eigenvalue weighted by Gasteiger charge is -2.15. The molecule has 2 aromatic rings. The van der Waals surface area contributed by atoms with Crippen molar-refractivity contribution in [2.45, 2.75) is 20.0 Å². The number of ether oxygens (including phenoxy) is 2. The van der Waals surface area contributed by atoms with E-state index in [1.54, 1.807) is 42.5 Å². The molecule has 27 heavy (non-hydrogen) atoms. The van der Waals surface area contributed by atoms with Crippen molar-refractivity contribution >= 4 is 50.9 Å². The van der Waals surface area contributed by atoms with Crippen molar-refractivity contribution < 1.29 is 23.9 Å². The summed E-state index contributed by atoms with van der Waals surface area (Å²) in [7, 11) is 0. The molecular weight excluding hydrogens is 438 g/mol. The maximum atomic E-state index is 12.2. The molecule has 0 fully saturated rings. The van der Waals surface area contributed by atoms with E-state index in [1.807, 2.05) is 0 Å². The van der Waals surface area contributed by atoms with Crippen LogP contribution in [0, 0.1) is 0 Å². The predicted molar refractivity (Wildman–Crippen MR) is 105 cm³/mol. The molecule has 0 radical (unpaired) electrons. The quantitative estimate of drug-likeness (QED) is 0.499. The summed E-state index contributed by atoms with van der Waals surface area (Å²) in [5, 5.41) is 3.11. The van der Waals surface area contributed by atoms with Crippen LogP contribution in [0.1, 0.15) is 24.2 Å². The molecule has 1 atom stereocenters. The summed E-state index contributed by atoms with van der Waals surface area (Å²) in [4.78, 5) is 35.7. The highest BCUT2D eigenvalue weighted by molar-refractivity contribution is 9.10. The number of esters is 1. The number of Topliss-reactive ketones (excluding diaryl/α,β-unsaturated/α-hetero) is 1. The first kappa shape index (κ1) is 20.9. The van der Waals surface area contributed by atoms with Gasteiger partial charge in [0.15, 0.2) is 18.5 Å². The number of benzene rings is 2. The van der Waals surface area contributed by atoms with Crippen molar-refractivity contribution in [3.05, 3.63) is 57.5 Å². The molecule has 0 heterocycles. The van der Waals surface area contributed by atoms with Gasteiger partial charge in [0, 0.05) is 10.6 Å². The van der Waals surface area contributed by atoms with Gasteiger partial charge in [0.2, 0.25) is 0 Å². The largest absolute Gasteiger partial charge is 0.481 e.